The number of hydrogen-bond donors (Lipinski definition) is 1. The monoisotopic (exact) mass is 221 g/mol. The molecule has 4 heteroatoms. The maximum Gasteiger partial charge on any atom is 0.0624 e. The normalized spacial score (nSPS) is 18.1. The highest BCUT2D eigenvalue weighted by Crippen LogP contribution is 2.09. The molecule has 0 saturated heterocycles. The van der Waals surface area contributed by atoms with Gasteiger partial charge in [0.15, 0.2) is 0 Å². The number of likely N-dealkylation sites (N-methyl/N-ethyl adjacent to an activating group) is 1. The van der Waals surface area contributed by atoms with Crippen LogP contribution in [0.15, 0.2) is 0 Å². The SMILES string of the molecule is CNC(COC)CS(=O)C(C)C(C)C. The Balaban J connectivity index is 4.01. The van der Waals surface area contributed by atoms with E-state index in [0.717, 1.165) is 0 Å². The maximum absolute atomic E-state index is 11.8. The molecule has 0 spiro atoms. The second-order valence-electron chi connectivity index (χ2n) is 3.94. The summed E-state index contributed by atoms with van der Waals surface area (Å²) in [6.45, 7) is 6.87. The fraction of sp³-hybridized carbons (Fsp3) is 1.00. The van der Waals surface area contributed by atoms with Crippen molar-refractivity contribution in [3.8, 4) is 0 Å². The van der Waals surface area contributed by atoms with Gasteiger partial charge in [-0.1, -0.05) is 20.8 Å². The second kappa shape index (κ2) is 7.37. The molecule has 0 aliphatic heterocycles. The van der Waals surface area contributed by atoms with Gasteiger partial charge in [0.1, 0.15) is 0 Å². The molecular formula is C10H23NO2S. The molecule has 0 aromatic carbocycles. The van der Waals surface area contributed by atoms with E-state index in [1.165, 1.54) is 0 Å². The summed E-state index contributed by atoms with van der Waals surface area (Å²) in [7, 11) is 2.77. The van der Waals surface area contributed by atoms with Gasteiger partial charge >= 0.3 is 0 Å². The van der Waals surface area contributed by atoms with Crippen molar-refractivity contribution in [3.63, 3.8) is 0 Å². The molecule has 0 fully saturated rings. The zero-order valence-electron chi connectivity index (χ0n) is 9.87. The van der Waals surface area contributed by atoms with Crippen LogP contribution in [0.2, 0.25) is 0 Å². The van der Waals surface area contributed by atoms with Crippen LogP contribution in [0, 0.1) is 5.92 Å². The fourth-order valence-electron chi connectivity index (χ4n) is 1.07. The summed E-state index contributed by atoms with van der Waals surface area (Å²) in [4.78, 5) is 0. The Morgan fingerprint density at radius 2 is 1.93 bits per heavy atom. The summed E-state index contributed by atoms with van der Waals surface area (Å²) in [6, 6.07) is 0.196. The average Bonchev–Trinajstić information content (AvgIpc) is 2.15. The standard InChI is InChI=1S/C10H23NO2S/c1-8(2)9(3)14(12)7-10(11-4)6-13-5/h8-11H,6-7H2,1-5H3. The van der Waals surface area contributed by atoms with E-state index in [2.05, 4.69) is 19.2 Å². The molecule has 0 aromatic heterocycles. The Morgan fingerprint density at radius 1 is 1.36 bits per heavy atom. The molecule has 0 aliphatic rings. The third-order valence-electron chi connectivity index (χ3n) is 2.50. The Morgan fingerprint density at radius 3 is 2.29 bits per heavy atom. The van der Waals surface area contributed by atoms with Gasteiger partial charge in [0.2, 0.25) is 0 Å². The smallest absolute Gasteiger partial charge is 0.0624 e. The van der Waals surface area contributed by atoms with E-state index in [4.69, 9.17) is 4.74 Å². The summed E-state index contributed by atoms with van der Waals surface area (Å²) in [5, 5.41) is 3.36. The van der Waals surface area contributed by atoms with Gasteiger partial charge in [-0.15, -0.1) is 0 Å². The first-order chi connectivity index (χ1) is 6.52. The predicted octanol–water partition coefficient (Wildman–Crippen LogP) is 1.01. The molecule has 3 unspecified atom stereocenters. The van der Waals surface area contributed by atoms with Gasteiger partial charge in [-0.25, -0.2) is 0 Å². The van der Waals surface area contributed by atoms with E-state index in [9.17, 15) is 4.21 Å². The van der Waals surface area contributed by atoms with Gasteiger partial charge in [-0.3, -0.25) is 4.21 Å². The quantitative estimate of drug-likeness (QED) is 0.697. The first-order valence-electron chi connectivity index (χ1n) is 5.06. The zero-order valence-corrected chi connectivity index (χ0v) is 10.7. The first kappa shape index (κ1) is 14.1. The summed E-state index contributed by atoms with van der Waals surface area (Å²) in [5.74, 6) is 1.14. The maximum atomic E-state index is 11.8. The number of nitrogens with one attached hydrogen (secondary N) is 1. The molecule has 0 saturated carbocycles. The second-order valence-corrected chi connectivity index (χ2v) is 5.78. The molecule has 1 N–H and O–H groups in total. The molecule has 86 valence electrons. The van der Waals surface area contributed by atoms with Gasteiger partial charge in [0.05, 0.1) is 6.61 Å². The third-order valence-corrected chi connectivity index (χ3v) is 4.60. The van der Waals surface area contributed by atoms with Crippen molar-refractivity contribution in [3.05, 3.63) is 0 Å². The van der Waals surface area contributed by atoms with Crippen LogP contribution >= 0.6 is 0 Å². The summed E-state index contributed by atoms with van der Waals surface area (Å²) >= 11 is 0. The lowest BCUT2D eigenvalue weighted by molar-refractivity contribution is 0.176. The zero-order chi connectivity index (χ0) is 11.1. The van der Waals surface area contributed by atoms with Crippen LogP contribution in [-0.4, -0.2) is 42.0 Å². The van der Waals surface area contributed by atoms with Gasteiger partial charge in [0.25, 0.3) is 0 Å². The molecule has 0 amide bonds. The van der Waals surface area contributed by atoms with E-state index in [1.54, 1.807) is 7.11 Å². The molecule has 0 rings (SSSR count). The molecular weight excluding hydrogens is 198 g/mol. The topological polar surface area (TPSA) is 38.3 Å². The Hall–Kier alpha value is 0.0700. The van der Waals surface area contributed by atoms with Crippen molar-refractivity contribution >= 4 is 10.8 Å². The van der Waals surface area contributed by atoms with Crippen LogP contribution in [0.4, 0.5) is 0 Å². The lowest BCUT2D eigenvalue weighted by Crippen LogP contribution is -2.37. The number of ether oxygens (including phenoxy) is 1. The van der Waals surface area contributed by atoms with Crippen molar-refractivity contribution in [2.45, 2.75) is 32.1 Å². The Bertz CT molecular complexity index is 174. The summed E-state index contributed by atoms with van der Waals surface area (Å²) in [5.41, 5.74) is 0. The highest BCUT2D eigenvalue weighted by molar-refractivity contribution is 7.85. The van der Waals surface area contributed by atoms with Gasteiger partial charge in [0, 0.05) is 35.0 Å². The minimum Gasteiger partial charge on any atom is -0.383 e. The third kappa shape index (κ3) is 5.08. The van der Waals surface area contributed by atoms with Crippen molar-refractivity contribution in [2.75, 3.05) is 26.5 Å². The largest absolute Gasteiger partial charge is 0.383 e. The molecule has 0 bridgehead atoms. The lowest BCUT2D eigenvalue weighted by atomic mass is 10.2. The highest BCUT2D eigenvalue weighted by atomic mass is 32.2. The Kier molecular flexibility index (Phi) is 7.41. The van der Waals surface area contributed by atoms with Crippen LogP contribution in [-0.2, 0) is 15.5 Å². The number of methoxy groups -OCH3 is 1. The van der Waals surface area contributed by atoms with Crippen LogP contribution in [0.1, 0.15) is 20.8 Å². The number of rotatable bonds is 7. The van der Waals surface area contributed by atoms with Crippen LogP contribution in [0.5, 0.6) is 0 Å². The minimum absolute atomic E-state index is 0.196. The Labute approximate surface area is 90.1 Å². The van der Waals surface area contributed by atoms with Crippen LogP contribution in [0.3, 0.4) is 0 Å². The fourth-order valence-corrected chi connectivity index (χ4v) is 2.64. The summed E-state index contributed by atoms with van der Waals surface area (Å²) < 4.78 is 16.9. The molecule has 0 aromatic rings. The van der Waals surface area contributed by atoms with E-state index in [-0.39, 0.29) is 11.3 Å². The average molecular weight is 221 g/mol. The van der Waals surface area contributed by atoms with Gasteiger partial charge in [-0.05, 0) is 13.0 Å². The molecule has 3 atom stereocenters. The molecule has 14 heavy (non-hydrogen) atoms. The molecule has 3 nitrogen and oxygen atoms in total. The van der Waals surface area contributed by atoms with Gasteiger partial charge < -0.3 is 10.1 Å². The van der Waals surface area contributed by atoms with Crippen LogP contribution in [0.25, 0.3) is 0 Å². The highest BCUT2D eigenvalue weighted by Gasteiger charge is 2.18. The van der Waals surface area contributed by atoms with E-state index < -0.39 is 10.8 Å². The lowest BCUT2D eigenvalue weighted by Gasteiger charge is -2.19. The molecule has 0 aliphatic carbocycles. The van der Waals surface area contributed by atoms with Crippen LogP contribution < -0.4 is 5.32 Å². The van der Waals surface area contributed by atoms with Crippen molar-refractivity contribution in [2.24, 2.45) is 5.92 Å². The van der Waals surface area contributed by atoms with Crippen molar-refractivity contribution in [1.82, 2.24) is 5.32 Å². The van der Waals surface area contributed by atoms with Gasteiger partial charge in [-0.2, -0.15) is 0 Å². The van der Waals surface area contributed by atoms with Crippen molar-refractivity contribution < 1.29 is 8.95 Å². The number of hydrogen-bond acceptors (Lipinski definition) is 3. The minimum atomic E-state index is -0.769. The van der Waals surface area contributed by atoms with E-state index in [0.29, 0.717) is 18.3 Å². The predicted molar refractivity (Wildman–Crippen MR) is 62.0 cm³/mol. The first-order valence-corrected chi connectivity index (χ1v) is 6.44. The van der Waals surface area contributed by atoms with Crippen molar-refractivity contribution in [1.29, 1.82) is 0 Å². The van der Waals surface area contributed by atoms with E-state index >= 15 is 0 Å². The molecule has 0 radical (unpaired) electrons. The summed E-state index contributed by atoms with van der Waals surface area (Å²) in [6.07, 6.45) is 0. The van der Waals surface area contributed by atoms with E-state index in [1.807, 2.05) is 14.0 Å². The molecule has 0 heterocycles.